The first-order chi connectivity index (χ1) is 15.9. The number of ether oxygens (including phenoxy) is 2. The minimum Gasteiger partial charge on any atom is -0.508 e. The van der Waals surface area contributed by atoms with Crippen molar-refractivity contribution in [1.29, 1.82) is 0 Å². The van der Waals surface area contributed by atoms with E-state index in [1.54, 1.807) is 0 Å². The second kappa shape index (κ2) is 8.16. The van der Waals surface area contributed by atoms with Gasteiger partial charge in [0.05, 0.1) is 0 Å². The molecule has 180 valence electrons. The number of carbonyl (C=O) groups is 1. The van der Waals surface area contributed by atoms with Crippen LogP contribution in [0, 0.1) is 0 Å². The lowest BCUT2D eigenvalue weighted by Crippen LogP contribution is -2.69. The molecule has 1 aromatic heterocycles. The van der Waals surface area contributed by atoms with Gasteiger partial charge in [-0.25, -0.2) is 4.79 Å². The topological polar surface area (TPSA) is 228 Å². The molecule has 3 aromatic rings. The van der Waals surface area contributed by atoms with Crippen molar-refractivity contribution in [2.45, 2.75) is 30.4 Å². The number of rotatable bonds is 4. The normalized spacial score (nSPS) is 24.1. The van der Waals surface area contributed by atoms with Crippen LogP contribution in [0.5, 0.6) is 23.0 Å². The third kappa shape index (κ3) is 3.76. The average Bonchev–Trinajstić information content (AvgIpc) is 2.77. The van der Waals surface area contributed by atoms with Gasteiger partial charge in [-0.1, -0.05) is 0 Å². The number of carboxylic acids is 1. The Bertz CT molecular complexity index is 1310. The van der Waals surface area contributed by atoms with E-state index < -0.39 is 64.4 Å². The molecule has 0 amide bonds. The quantitative estimate of drug-likeness (QED) is 0.169. The van der Waals surface area contributed by atoms with Gasteiger partial charge in [0.15, 0.2) is 29.1 Å². The van der Waals surface area contributed by atoms with E-state index in [9.17, 15) is 45.3 Å². The molecule has 0 spiro atoms. The van der Waals surface area contributed by atoms with Gasteiger partial charge in [-0.15, -0.1) is 0 Å². The Labute approximate surface area is 188 Å². The molecule has 2 heterocycles. The number of aliphatic hydroxyl groups excluding tert-OH is 2. The smallest absolute Gasteiger partial charge is 0.335 e. The molecular formula is C21H18O13. The van der Waals surface area contributed by atoms with Crippen LogP contribution in [-0.2, 0) is 9.53 Å². The summed E-state index contributed by atoms with van der Waals surface area (Å²) in [5.74, 6) is -7.89. The Kier molecular flexibility index (Phi) is 5.59. The molecule has 1 saturated heterocycles. The summed E-state index contributed by atoms with van der Waals surface area (Å²) in [4.78, 5) is 23.8. The van der Waals surface area contributed by atoms with Gasteiger partial charge in [0.25, 0.3) is 0 Å². The fourth-order valence-electron chi connectivity index (χ4n) is 3.43. The highest BCUT2D eigenvalue weighted by atomic mass is 16.7. The van der Waals surface area contributed by atoms with E-state index in [1.165, 1.54) is 24.3 Å². The summed E-state index contributed by atoms with van der Waals surface area (Å²) in [5.41, 5.74) is -0.682. The highest BCUT2D eigenvalue weighted by molar-refractivity contribution is 5.89. The summed E-state index contributed by atoms with van der Waals surface area (Å²) in [5, 5.41) is 78.5. The highest BCUT2D eigenvalue weighted by Gasteiger charge is 2.58. The standard InChI is InChI=1S/C21H18O13/c22-8-3-1-7(2-4-8)10-5-9(23)13-11(32-10)6-12(14(24)15(13)25)33-20-18(27)21(30,31)17(26)16(34-20)19(28)29/h1-6,16-18,20,22,24-27,30-31H,(H,28,29). The van der Waals surface area contributed by atoms with Crippen molar-refractivity contribution in [2.75, 3.05) is 0 Å². The summed E-state index contributed by atoms with van der Waals surface area (Å²) >= 11 is 0. The van der Waals surface area contributed by atoms with Gasteiger partial charge < -0.3 is 54.7 Å². The van der Waals surface area contributed by atoms with Gasteiger partial charge in [0.2, 0.25) is 17.8 Å². The minimum atomic E-state index is -3.38. The summed E-state index contributed by atoms with van der Waals surface area (Å²) in [6, 6.07) is 7.53. The van der Waals surface area contributed by atoms with E-state index in [1.807, 2.05) is 0 Å². The number of carboxylic acid groups (broad SMARTS) is 1. The number of fused-ring (bicyclic) bond motifs is 1. The first-order valence-electron chi connectivity index (χ1n) is 9.59. The molecule has 0 bridgehead atoms. The van der Waals surface area contributed by atoms with E-state index in [4.69, 9.17) is 19.0 Å². The zero-order valence-electron chi connectivity index (χ0n) is 16.9. The number of hydrogen-bond donors (Lipinski definition) is 8. The monoisotopic (exact) mass is 478 g/mol. The Morgan fingerprint density at radius 1 is 0.971 bits per heavy atom. The minimum absolute atomic E-state index is 0.0151. The molecule has 1 aliphatic rings. The van der Waals surface area contributed by atoms with Crippen LogP contribution in [0.4, 0.5) is 0 Å². The van der Waals surface area contributed by atoms with E-state index in [0.717, 1.165) is 12.1 Å². The van der Waals surface area contributed by atoms with Crippen molar-refractivity contribution in [3.63, 3.8) is 0 Å². The van der Waals surface area contributed by atoms with Crippen molar-refractivity contribution in [3.05, 3.63) is 46.6 Å². The van der Waals surface area contributed by atoms with Crippen LogP contribution in [0.25, 0.3) is 22.3 Å². The number of phenolic OH excluding ortho intramolecular Hbond substituents is 3. The molecular weight excluding hydrogens is 460 g/mol. The maximum absolute atomic E-state index is 12.6. The van der Waals surface area contributed by atoms with Crippen LogP contribution < -0.4 is 10.2 Å². The van der Waals surface area contributed by atoms with E-state index in [0.29, 0.717) is 5.56 Å². The molecule has 4 unspecified atom stereocenters. The number of aromatic hydroxyl groups is 3. The maximum atomic E-state index is 12.6. The van der Waals surface area contributed by atoms with Gasteiger partial charge >= 0.3 is 5.97 Å². The summed E-state index contributed by atoms with van der Waals surface area (Å²) in [7, 11) is 0. The predicted octanol–water partition coefficient (Wildman–Crippen LogP) is -0.832. The lowest BCUT2D eigenvalue weighted by atomic mass is 9.95. The molecule has 0 aliphatic carbocycles. The third-order valence-electron chi connectivity index (χ3n) is 5.27. The van der Waals surface area contributed by atoms with Crippen LogP contribution in [0.2, 0.25) is 0 Å². The molecule has 2 aromatic carbocycles. The van der Waals surface area contributed by atoms with Crippen LogP contribution in [-0.4, -0.2) is 77.2 Å². The Balaban J connectivity index is 1.78. The molecule has 13 heteroatoms. The number of phenols is 3. The lowest BCUT2D eigenvalue weighted by Gasteiger charge is -2.43. The Morgan fingerprint density at radius 3 is 2.24 bits per heavy atom. The second-order valence-electron chi connectivity index (χ2n) is 7.52. The predicted molar refractivity (Wildman–Crippen MR) is 109 cm³/mol. The van der Waals surface area contributed by atoms with Gasteiger partial charge in [-0.2, -0.15) is 0 Å². The number of hydrogen-bond acceptors (Lipinski definition) is 12. The second-order valence-corrected chi connectivity index (χ2v) is 7.52. The largest absolute Gasteiger partial charge is 0.508 e. The maximum Gasteiger partial charge on any atom is 0.335 e. The van der Waals surface area contributed by atoms with Gasteiger partial charge in [0.1, 0.15) is 28.6 Å². The van der Waals surface area contributed by atoms with Crippen LogP contribution in [0.15, 0.2) is 45.6 Å². The van der Waals surface area contributed by atoms with Crippen LogP contribution >= 0.6 is 0 Å². The summed E-state index contributed by atoms with van der Waals surface area (Å²) in [6.07, 6.45) is -9.28. The molecule has 1 fully saturated rings. The lowest BCUT2D eigenvalue weighted by molar-refractivity contribution is -0.369. The molecule has 0 saturated carbocycles. The first kappa shape index (κ1) is 23.3. The number of aliphatic carboxylic acids is 1. The fourth-order valence-corrected chi connectivity index (χ4v) is 3.43. The van der Waals surface area contributed by atoms with Crippen LogP contribution in [0.3, 0.4) is 0 Å². The molecule has 8 N–H and O–H groups in total. The molecule has 0 radical (unpaired) electrons. The molecule has 13 nitrogen and oxygen atoms in total. The fraction of sp³-hybridized carbons (Fsp3) is 0.238. The molecule has 1 aliphatic heterocycles. The first-order valence-corrected chi connectivity index (χ1v) is 9.59. The van der Waals surface area contributed by atoms with Crippen molar-refractivity contribution in [3.8, 4) is 34.3 Å². The van der Waals surface area contributed by atoms with Crippen molar-refractivity contribution in [2.24, 2.45) is 0 Å². The highest BCUT2D eigenvalue weighted by Crippen LogP contribution is 2.43. The van der Waals surface area contributed by atoms with E-state index >= 15 is 0 Å². The van der Waals surface area contributed by atoms with Crippen molar-refractivity contribution < 1.29 is 59.5 Å². The van der Waals surface area contributed by atoms with Gasteiger partial charge in [-0.3, -0.25) is 4.79 Å². The van der Waals surface area contributed by atoms with Gasteiger partial charge in [-0.05, 0) is 24.3 Å². The Hall–Kier alpha value is -3.88. The molecule has 34 heavy (non-hydrogen) atoms. The zero-order chi connectivity index (χ0) is 24.9. The van der Waals surface area contributed by atoms with E-state index in [2.05, 4.69) is 0 Å². The summed E-state index contributed by atoms with van der Waals surface area (Å²) in [6.45, 7) is 0. The van der Waals surface area contributed by atoms with Crippen LogP contribution in [0.1, 0.15) is 0 Å². The molecule has 4 atom stereocenters. The van der Waals surface area contributed by atoms with E-state index in [-0.39, 0.29) is 17.1 Å². The zero-order valence-corrected chi connectivity index (χ0v) is 16.9. The number of aliphatic hydroxyl groups is 4. The third-order valence-corrected chi connectivity index (χ3v) is 5.27. The SMILES string of the molecule is O=C(O)C1OC(Oc2cc3oc(-c4ccc(O)cc4)cc(=O)c3c(O)c2O)C(O)C(O)(O)C1O. The van der Waals surface area contributed by atoms with Crippen molar-refractivity contribution >= 4 is 16.9 Å². The Morgan fingerprint density at radius 2 is 1.62 bits per heavy atom. The number of benzene rings is 2. The molecule has 4 rings (SSSR count). The average molecular weight is 478 g/mol. The van der Waals surface area contributed by atoms with Crippen molar-refractivity contribution in [1.82, 2.24) is 0 Å². The van der Waals surface area contributed by atoms with Gasteiger partial charge in [0, 0.05) is 17.7 Å². The summed E-state index contributed by atoms with van der Waals surface area (Å²) < 4.78 is 15.7.